The van der Waals surface area contributed by atoms with Crippen LogP contribution in [0.2, 0.25) is 0 Å². The van der Waals surface area contributed by atoms with Crippen LogP contribution in [0.15, 0.2) is 24.3 Å². The molecule has 0 spiro atoms. The van der Waals surface area contributed by atoms with Gasteiger partial charge in [-0.15, -0.1) is 0 Å². The first-order valence-corrected chi connectivity index (χ1v) is 8.98. The van der Waals surface area contributed by atoms with Crippen molar-refractivity contribution in [3.8, 4) is 11.4 Å². The van der Waals surface area contributed by atoms with E-state index in [1.165, 1.54) is 11.9 Å². The summed E-state index contributed by atoms with van der Waals surface area (Å²) in [5.41, 5.74) is 0.915. The Morgan fingerprint density at radius 2 is 1.93 bits per heavy atom. The molecule has 1 fully saturated rings. The molecule has 2 amide bonds. The van der Waals surface area contributed by atoms with Crippen LogP contribution in [0.3, 0.4) is 0 Å². The van der Waals surface area contributed by atoms with E-state index in [2.05, 4.69) is 20.5 Å². The number of ether oxygens (including phenoxy) is 1. The number of anilines is 1. The molecule has 2 aromatic rings. The Morgan fingerprint density at radius 1 is 1.26 bits per heavy atom. The zero-order valence-electron chi connectivity index (χ0n) is 16.1. The number of amides is 2. The van der Waals surface area contributed by atoms with Crippen LogP contribution in [-0.2, 0) is 9.53 Å². The van der Waals surface area contributed by atoms with Gasteiger partial charge in [-0.05, 0) is 57.9 Å². The number of nitrogens with one attached hydrogen (secondary N) is 2. The maximum atomic E-state index is 12.1. The van der Waals surface area contributed by atoms with Crippen molar-refractivity contribution in [1.29, 1.82) is 0 Å². The van der Waals surface area contributed by atoms with Gasteiger partial charge in [0.1, 0.15) is 18.0 Å². The average molecular weight is 371 g/mol. The zero-order valence-corrected chi connectivity index (χ0v) is 16.1. The molecule has 144 valence electrons. The van der Waals surface area contributed by atoms with Crippen molar-refractivity contribution in [3.63, 3.8) is 0 Å². The monoisotopic (exact) mass is 371 g/mol. The third-order valence-electron chi connectivity index (χ3n) is 3.98. The number of likely N-dealkylation sites (N-methyl/N-ethyl adjacent to an activating group) is 1. The Balaban J connectivity index is 1.54. The highest BCUT2D eigenvalue weighted by Crippen LogP contribution is 2.38. The van der Waals surface area contributed by atoms with Crippen molar-refractivity contribution >= 4 is 17.7 Å². The van der Waals surface area contributed by atoms with Gasteiger partial charge in [0.05, 0.1) is 0 Å². The maximum absolute atomic E-state index is 12.1. The Labute approximate surface area is 158 Å². The molecule has 8 nitrogen and oxygen atoms in total. The molecule has 8 heteroatoms. The van der Waals surface area contributed by atoms with E-state index in [0.29, 0.717) is 17.4 Å². The lowest BCUT2D eigenvalue weighted by Crippen LogP contribution is -2.38. The molecule has 0 radical (unpaired) electrons. The van der Waals surface area contributed by atoms with Gasteiger partial charge in [-0.3, -0.25) is 9.89 Å². The molecular formula is C19H25N5O3. The van der Waals surface area contributed by atoms with E-state index < -0.39 is 11.7 Å². The van der Waals surface area contributed by atoms with E-state index >= 15 is 0 Å². The highest BCUT2D eigenvalue weighted by Gasteiger charge is 2.27. The maximum Gasteiger partial charge on any atom is 0.410 e. The van der Waals surface area contributed by atoms with Crippen molar-refractivity contribution in [2.24, 2.45) is 0 Å². The normalized spacial score (nSPS) is 13.9. The summed E-state index contributed by atoms with van der Waals surface area (Å²) in [6.45, 7) is 5.24. The lowest BCUT2D eigenvalue weighted by atomic mass is 10.2. The Morgan fingerprint density at radius 3 is 2.52 bits per heavy atom. The number of benzene rings is 1. The SMILES string of the molecule is CN(CC(=O)Nc1ccc(-c2n[nH]c(C3CC3)n2)cc1)C(=O)OC(C)(C)C. The van der Waals surface area contributed by atoms with Gasteiger partial charge in [-0.1, -0.05) is 0 Å². The summed E-state index contributed by atoms with van der Waals surface area (Å²) in [6, 6.07) is 7.28. The smallest absolute Gasteiger partial charge is 0.410 e. The Hall–Kier alpha value is -2.90. The quantitative estimate of drug-likeness (QED) is 0.841. The molecule has 0 unspecified atom stereocenters. The van der Waals surface area contributed by atoms with Crippen molar-refractivity contribution in [1.82, 2.24) is 20.1 Å². The van der Waals surface area contributed by atoms with Gasteiger partial charge in [0, 0.05) is 24.2 Å². The van der Waals surface area contributed by atoms with Crippen LogP contribution in [-0.4, -0.2) is 51.3 Å². The summed E-state index contributed by atoms with van der Waals surface area (Å²) in [7, 11) is 1.53. The van der Waals surface area contributed by atoms with Crippen LogP contribution in [0.1, 0.15) is 45.4 Å². The van der Waals surface area contributed by atoms with E-state index in [-0.39, 0.29) is 12.5 Å². The van der Waals surface area contributed by atoms with Gasteiger partial charge >= 0.3 is 6.09 Å². The number of H-pyrrole nitrogens is 1. The number of nitrogens with zero attached hydrogens (tertiary/aromatic N) is 3. The first kappa shape index (κ1) is 18.9. The van der Waals surface area contributed by atoms with Gasteiger partial charge in [0.25, 0.3) is 0 Å². The highest BCUT2D eigenvalue weighted by molar-refractivity contribution is 5.94. The summed E-state index contributed by atoms with van der Waals surface area (Å²) in [5, 5.41) is 9.99. The molecule has 0 saturated heterocycles. The largest absolute Gasteiger partial charge is 0.444 e. The van der Waals surface area contributed by atoms with Gasteiger partial charge in [-0.2, -0.15) is 5.10 Å². The van der Waals surface area contributed by atoms with Crippen LogP contribution in [0.25, 0.3) is 11.4 Å². The van der Waals surface area contributed by atoms with E-state index in [1.54, 1.807) is 32.9 Å². The van der Waals surface area contributed by atoms with Crippen LogP contribution in [0, 0.1) is 0 Å². The molecule has 1 aromatic heterocycles. The molecule has 1 aliphatic carbocycles. The lowest BCUT2D eigenvalue weighted by Gasteiger charge is -2.24. The molecule has 27 heavy (non-hydrogen) atoms. The molecule has 2 N–H and O–H groups in total. The second-order valence-corrected chi connectivity index (χ2v) is 7.78. The number of hydrogen-bond acceptors (Lipinski definition) is 5. The third kappa shape index (κ3) is 5.29. The molecule has 1 aromatic carbocycles. The fraction of sp³-hybridized carbons (Fsp3) is 0.474. The number of hydrogen-bond donors (Lipinski definition) is 2. The Kier molecular flexibility index (Phi) is 5.16. The molecule has 0 aliphatic heterocycles. The van der Waals surface area contributed by atoms with E-state index in [0.717, 1.165) is 24.2 Å². The average Bonchev–Trinajstić information content (AvgIpc) is 3.31. The number of aromatic amines is 1. The Bertz CT molecular complexity index is 819. The van der Waals surface area contributed by atoms with Crippen LogP contribution in [0.5, 0.6) is 0 Å². The first-order valence-electron chi connectivity index (χ1n) is 8.98. The predicted molar refractivity (Wildman–Crippen MR) is 101 cm³/mol. The predicted octanol–water partition coefficient (Wildman–Crippen LogP) is 3.15. The first-order chi connectivity index (χ1) is 12.7. The lowest BCUT2D eigenvalue weighted by molar-refractivity contribution is -0.117. The summed E-state index contributed by atoms with van der Waals surface area (Å²) >= 11 is 0. The van der Waals surface area contributed by atoms with E-state index in [1.807, 2.05) is 12.1 Å². The number of carbonyl (C=O) groups is 2. The van der Waals surface area contributed by atoms with Crippen molar-refractivity contribution in [2.45, 2.75) is 45.1 Å². The van der Waals surface area contributed by atoms with Crippen molar-refractivity contribution in [3.05, 3.63) is 30.1 Å². The van der Waals surface area contributed by atoms with Crippen LogP contribution in [0.4, 0.5) is 10.5 Å². The van der Waals surface area contributed by atoms with Crippen molar-refractivity contribution < 1.29 is 14.3 Å². The van der Waals surface area contributed by atoms with E-state index in [4.69, 9.17) is 4.74 Å². The van der Waals surface area contributed by atoms with Gasteiger partial charge in [0.2, 0.25) is 5.91 Å². The molecule has 3 rings (SSSR count). The second kappa shape index (κ2) is 7.38. The van der Waals surface area contributed by atoms with E-state index in [9.17, 15) is 9.59 Å². The fourth-order valence-electron chi connectivity index (χ4n) is 2.47. The van der Waals surface area contributed by atoms with Crippen LogP contribution >= 0.6 is 0 Å². The molecule has 1 saturated carbocycles. The zero-order chi connectivity index (χ0) is 19.6. The third-order valence-corrected chi connectivity index (χ3v) is 3.98. The van der Waals surface area contributed by atoms with Gasteiger partial charge in [0.15, 0.2) is 5.82 Å². The minimum atomic E-state index is -0.600. The minimum absolute atomic E-state index is 0.0949. The minimum Gasteiger partial charge on any atom is -0.444 e. The fourth-order valence-corrected chi connectivity index (χ4v) is 2.47. The van der Waals surface area contributed by atoms with Gasteiger partial charge < -0.3 is 15.0 Å². The highest BCUT2D eigenvalue weighted by atomic mass is 16.6. The van der Waals surface area contributed by atoms with Crippen molar-refractivity contribution in [2.75, 3.05) is 18.9 Å². The summed E-state index contributed by atoms with van der Waals surface area (Å²) in [6.07, 6.45) is 1.79. The summed E-state index contributed by atoms with van der Waals surface area (Å²) in [4.78, 5) is 29.8. The standard InChI is InChI=1S/C19H25N5O3/c1-19(2,3)27-18(26)24(4)11-15(25)20-14-9-7-13(8-10-14)17-21-16(22-23-17)12-5-6-12/h7-10,12H,5-6,11H2,1-4H3,(H,20,25)(H,21,22,23). The molecule has 0 atom stereocenters. The number of carbonyl (C=O) groups excluding carboxylic acids is 2. The molecule has 0 bridgehead atoms. The molecular weight excluding hydrogens is 346 g/mol. The summed E-state index contributed by atoms with van der Waals surface area (Å²) < 4.78 is 5.23. The van der Waals surface area contributed by atoms with Gasteiger partial charge in [-0.25, -0.2) is 9.78 Å². The molecule has 1 aliphatic rings. The number of rotatable bonds is 5. The molecule has 1 heterocycles. The topological polar surface area (TPSA) is 100 Å². The second-order valence-electron chi connectivity index (χ2n) is 7.78. The summed E-state index contributed by atoms with van der Waals surface area (Å²) in [5.74, 6) is 1.81. The van der Waals surface area contributed by atoms with Crippen LogP contribution < -0.4 is 5.32 Å². The number of aromatic nitrogens is 3.